The second-order valence-electron chi connectivity index (χ2n) is 4.70. The maximum absolute atomic E-state index is 12.2. The lowest BCUT2D eigenvalue weighted by atomic mass is 10.0. The van der Waals surface area contributed by atoms with Gasteiger partial charge in [-0.25, -0.2) is 12.7 Å². The molecule has 1 unspecified atom stereocenters. The van der Waals surface area contributed by atoms with E-state index in [1.807, 2.05) is 6.92 Å². The molecule has 0 aromatic rings. The second-order valence-corrected chi connectivity index (χ2v) is 7.76. The molecule has 0 bridgehead atoms. The van der Waals surface area contributed by atoms with Crippen molar-refractivity contribution in [1.29, 1.82) is 0 Å². The van der Waals surface area contributed by atoms with Gasteiger partial charge in [0.2, 0.25) is 10.0 Å². The molecule has 16 heavy (non-hydrogen) atoms. The van der Waals surface area contributed by atoms with E-state index in [0.717, 1.165) is 25.7 Å². The molecule has 0 aromatic carbocycles. The van der Waals surface area contributed by atoms with E-state index in [0.29, 0.717) is 13.0 Å². The molecule has 0 N–H and O–H groups in total. The van der Waals surface area contributed by atoms with E-state index < -0.39 is 10.0 Å². The van der Waals surface area contributed by atoms with Gasteiger partial charge in [0, 0.05) is 19.0 Å². The Labute approximate surface area is 104 Å². The van der Waals surface area contributed by atoms with E-state index >= 15 is 0 Å². The van der Waals surface area contributed by atoms with E-state index in [1.54, 1.807) is 7.05 Å². The first-order chi connectivity index (χ1) is 7.44. The van der Waals surface area contributed by atoms with Crippen LogP contribution in [0.3, 0.4) is 0 Å². The van der Waals surface area contributed by atoms with E-state index in [4.69, 9.17) is 11.6 Å². The smallest absolute Gasteiger partial charge is 0.212 e. The first kappa shape index (κ1) is 14.3. The molecule has 1 atom stereocenters. The summed E-state index contributed by atoms with van der Waals surface area (Å²) >= 11 is 5.84. The summed E-state index contributed by atoms with van der Waals surface area (Å²) in [6, 6.07) is 0. The van der Waals surface area contributed by atoms with Gasteiger partial charge < -0.3 is 0 Å². The zero-order chi connectivity index (χ0) is 12.2. The van der Waals surface area contributed by atoms with E-state index in [9.17, 15) is 8.42 Å². The highest BCUT2D eigenvalue weighted by Crippen LogP contribution is 2.25. The van der Waals surface area contributed by atoms with Gasteiger partial charge in [-0.3, -0.25) is 0 Å². The number of nitrogens with zero attached hydrogens (tertiary/aromatic N) is 1. The van der Waals surface area contributed by atoms with Crippen LogP contribution in [-0.2, 0) is 10.0 Å². The van der Waals surface area contributed by atoms with Gasteiger partial charge in [-0.2, -0.15) is 0 Å². The third-order valence-electron chi connectivity index (χ3n) is 3.25. The molecule has 3 nitrogen and oxygen atoms in total. The summed E-state index contributed by atoms with van der Waals surface area (Å²) in [6.07, 6.45) is 5.62. The Morgan fingerprint density at radius 3 is 2.38 bits per heavy atom. The average molecular weight is 268 g/mol. The monoisotopic (exact) mass is 267 g/mol. The molecule has 1 rings (SSSR count). The highest BCUT2D eigenvalue weighted by Gasteiger charge is 2.30. The van der Waals surface area contributed by atoms with E-state index in [1.165, 1.54) is 10.7 Å². The normalized spacial score (nSPS) is 21.2. The number of sulfonamides is 1. The van der Waals surface area contributed by atoms with Crippen molar-refractivity contribution >= 4 is 21.6 Å². The summed E-state index contributed by atoms with van der Waals surface area (Å²) < 4.78 is 25.8. The Kier molecular flexibility index (Phi) is 5.54. The molecule has 96 valence electrons. The van der Waals surface area contributed by atoms with Gasteiger partial charge in [0.15, 0.2) is 0 Å². The van der Waals surface area contributed by atoms with Crippen LogP contribution in [0.25, 0.3) is 0 Å². The molecule has 5 heteroatoms. The fourth-order valence-electron chi connectivity index (χ4n) is 2.10. The lowest BCUT2D eigenvalue weighted by Gasteiger charge is -2.27. The van der Waals surface area contributed by atoms with Gasteiger partial charge in [-0.15, -0.1) is 11.6 Å². The van der Waals surface area contributed by atoms with Gasteiger partial charge in [-0.1, -0.05) is 19.3 Å². The van der Waals surface area contributed by atoms with Gasteiger partial charge >= 0.3 is 0 Å². The molecule has 0 radical (unpaired) electrons. The lowest BCUT2D eigenvalue weighted by molar-refractivity contribution is 0.421. The molecule has 0 aromatic heterocycles. The quantitative estimate of drug-likeness (QED) is 0.718. The van der Waals surface area contributed by atoms with Crippen LogP contribution in [0.2, 0.25) is 0 Å². The van der Waals surface area contributed by atoms with Crippen LogP contribution in [-0.4, -0.2) is 36.9 Å². The maximum atomic E-state index is 12.2. The molecule has 0 saturated heterocycles. The van der Waals surface area contributed by atoms with Crippen LogP contribution in [0.15, 0.2) is 0 Å². The Morgan fingerprint density at radius 1 is 1.31 bits per heavy atom. The first-order valence-corrected chi connectivity index (χ1v) is 7.98. The molecule has 0 aliphatic heterocycles. The Morgan fingerprint density at radius 2 is 1.88 bits per heavy atom. The van der Waals surface area contributed by atoms with Crippen molar-refractivity contribution in [2.75, 3.05) is 13.6 Å². The minimum atomic E-state index is -3.08. The highest BCUT2D eigenvalue weighted by atomic mass is 35.5. The average Bonchev–Trinajstić information content (AvgIpc) is 2.27. The molecule has 1 saturated carbocycles. The van der Waals surface area contributed by atoms with Crippen molar-refractivity contribution in [3.63, 3.8) is 0 Å². The van der Waals surface area contributed by atoms with E-state index in [-0.39, 0.29) is 10.6 Å². The molecule has 1 aliphatic rings. The van der Waals surface area contributed by atoms with Gasteiger partial charge in [0.1, 0.15) is 0 Å². The van der Waals surface area contributed by atoms with Crippen molar-refractivity contribution < 1.29 is 8.42 Å². The van der Waals surface area contributed by atoms with Crippen LogP contribution < -0.4 is 0 Å². The molecule has 0 amide bonds. The minimum Gasteiger partial charge on any atom is -0.212 e. The number of alkyl halides is 1. The van der Waals surface area contributed by atoms with Gasteiger partial charge in [-0.05, 0) is 26.2 Å². The zero-order valence-electron chi connectivity index (χ0n) is 10.2. The fourth-order valence-corrected chi connectivity index (χ4v) is 4.00. The molecule has 1 fully saturated rings. The molecule has 1 aliphatic carbocycles. The van der Waals surface area contributed by atoms with Crippen LogP contribution in [0.1, 0.15) is 45.4 Å². The fraction of sp³-hybridized carbons (Fsp3) is 1.00. The van der Waals surface area contributed by atoms with Crippen LogP contribution in [0, 0.1) is 0 Å². The SMILES string of the molecule is CC(Cl)CCN(C)S(=O)(=O)C1CCCCC1. The number of halogens is 1. The Balaban J connectivity index is 2.54. The van der Waals surface area contributed by atoms with Crippen LogP contribution in [0.5, 0.6) is 0 Å². The maximum Gasteiger partial charge on any atom is 0.216 e. The van der Waals surface area contributed by atoms with Crippen LogP contribution >= 0.6 is 11.6 Å². The third-order valence-corrected chi connectivity index (χ3v) is 5.83. The highest BCUT2D eigenvalue weighted by molar-refractivity contribution is 7.89. The van der Waals surface area contributed by atoms with Gasteiger partial charge in [0.25, 0.3) is 0 Å². The van der Waals surface area contributed by atoms with E-state index in [2.05, 4.69) is 0 Å². The summed E-state index contributed by atoms with van der Waals surface area (Å²) in [7, 11) is -1.41. The van der Waals surface area contributed by atoms with Crippen molar-refractivity contribution in [3.05, 3.63) is 0 Å². The van der Waals surface area contributed by atoms with Crippen molar-refractivity contribution in [2.24, 2.45) is 0 Å². The molecular formula is C11H22ClNO2S. The lowest BCUT2D eigenvalue weighted by Crippen LogP contribution is -2.38. The Bertz CT molecular complexity index is 297. The van der Waals surface area contributed by atoms with Crippen molar-refractivity contribution in [1.82, 2.24) is 4.31 Å². The second kappa shape index (κ2) is 6.22. The number of hydrogen-bond acceptors (Lipinski definition) is 2. The number of hydrogen-bond donors (Lipinski definition) is 0. The van der Waals surface area contributed by atoms with Gasteiger partial charge in [0.05, 0.1) is 5.25 Å². The van der Waals surface area contributed by atoms with Crippen molar-refractivity contribution in [2.45, 2.75) is 56.1 Å². The third kappa shape index (κ3) is 3.90. The summed E-state index contributed by atoms with van der Waals surface area (Å²) in [6.45, 7) is 2.42. The number of rotatable bonds is 5. The molecule has 0 spiro atoms. The minimum absolute atomic E-state index is 0.0315. The van der Waals surface area contributed by atoms with Crippen molar-refractivity contribution in [3.8, 4) is 0 Å². The predicted molar refractivity (Wildman–Crippen MR) is 68.4 cm³/mol. The first-order valence-electron chi connectivity index (χ1n) is 6.04. The summed E-state index contributed by atoms with van der Waals surface area (Å²) in [5.41, 5.74) is 0. The Hall–Kier alpha value is 0.200. The predicted octanol–water partition coefficient (Wildman–Crippen LogP) is 2.60. The zero-order valence-corrected chi connectivity index (χ0v) is 11.7. The summed E-state index contributed by atoms with van der Waals surface area (Å²) in [4.78, 5) is 0. The topological polar surface area (TPSA) is 37.4 Å². The molecule has 0 heterocycles. The van der Waals surface area contributed by atoms with Crippen LogP contribution in [0.4, 0.5) is 0 Å². The molecular weight excluding hydrogens is 246 g/mol. The summed E-state index contributed by atoms with van der Waals surface area (Å²) in [5, 5.41) is -0.124. The largest absolute Gasteiger partial charge is 0.216 e. The standard InChI is InChI=1S/C11H22ClNO2S/c1-10(12)8-9-13(2)16(14,15)11-6-4-3-5-7-11/h10-11H,3-9H2,1-2H3. The summed E-state index contributed by atoms with van der Waals surface area (Å²) in [5.74, 6) is 0.